The summed E-state index contributed by atoms with van der Waals surface area (Å²) < 4.78 is 1.78. The van der Waals surface area contributed by atoms with Gasteiger partial charge in [0.1, 0.15) is 0 Å². The number of hydrogen-bond donors (Lipinski definition) is 3. The molecule has 0 aliphatic rings. The van der Waals surface area contributed by atoms with E-state index in [1.165, 1.54) is 0 Å². The molecule has 0 heterocycles. The number of carbonyl (C=O) groups excluding carboxylic acids is 2. The van der Waals surface area contributed by atoms with Gasteiger partial charge >= 0.3 is 0 Å². The van der Waals surface area contributed by atoms with Crippen LogP contribution in [0.15, 0.2) is 36.4 Å². The molecule has 2 rings (SSSR count). The molecule has 142 valence electrons. The van der Waals surface area contributed by atoms with Crippen LogP contribution in [0.5, 0.6) is 0 Å². The van der Waals surface area contributed by atoms with Crippen LogP contribution in [0.1, 0.15) is 30.1 Å². The Morgan fingerprint density at radius 2 is 1.85 bits per heavy atom. The van der Waals surface area contributed by atoms with Crippen molar-refractivity contribution in [3.05, 3.63) is 54.1 Å². The summed E-state index contributed by atoms with van der Waals surface area (Å²) in [5.74, 6) is -0.381. The van der Waals surface area contributed by atoms with Crippen molar-refractivity contribution in [2.75, 3.05) is 10.6 Å². The number of anilines is 2. The second-order valence-electron chi connectivity index (χ2n) is 5.53. The fourth-order valence-corrected chi connectivity index (χ4v) is 3.58. The summed E-state index contributed by atoms with van der Waals surface area (Å²) in [6.45, 7) is 1.93. The highest BCUT2D eigenvalue weighted by molar-refractivity contribution is 14.1. The molecule has 0 aliphatic heterocycles. The summed E-state index contributed by atoms with van der Waals surface area (Å²) >= 11 is 15.7. The molecular weight excluding hydrogens is 612 g/mol. The van der Waals surface area contributed by atoms with Crippen molar-refractivity contribution in [3.63, 3.8) is 0 Å². The Morgan fingerprint density at radius 3 is 2.56 bits per heavy atom. The summed E-state index contributed by atoms with van der Waals surface area (Å²) in [5, 5.41) is 8.88. The van der Waals surface area contributed by atoms with Gasteiger partial charge in [-0.1, -0.05) is 18.5 Å². The van der Waals surface area contributed by atoms with Crippen molar-refractivity contribution in [2.45, 2.75) is 19.8 Å². The normalized spacial score (nSPS) is 10.2. The van der Waals surface area contributed by atoms with Crippen LogP contribution in [-0.4, -0.2) is 16.9 Å². The molecule has 27 heavy (non-hydrogen) atoms. The molecule has 0 spiro atoms. The minimum atomic E-state index is -0.307. The first-order chi connectivity index (χ1) is 12.8. The van der Waals surface area contributed by atoms with Gasteiger partial charge in [-0.05, 0) is 100 Å². The highest BCUT2D eigenvalue weighted by Gasteiger charge is 2.13. The molecule has 0 bridgehead atoms. The Kier molecular flexibility index (Phi) is 8.70. The minimum absolute atomic E-state index is 0.0742. The van der Waals surface area contributed by atoms with E-state index in [9.17, 15) is 9.59 Å². The highest BCUT2D eigenvalue weighted by Crippen LogP contribution is 2.26. The molecule has 9 heteroatoms. The SMILES string of the molecule is CCCC(=O)Nc1ccc(Cl)c(NC(=S)NC(=O)c2cc(I)ccc2I)c1. The summed E-state index contributed by atoms with van der Waals surface area (Å²) in [5.41, 5.74) is 1.63. The van der Waals surface area contributed by atoms with E-state index < -0.39 is 0 Å². The number of benzene rings is 2. The van der Waals surface area contributed by atoms with Gasteiger partial charge in [0.05, 0.1) is 16.3 Å². The Bertz CT molecular complexity index is 893. The van der Waals surface area contributed by atoms with Crippen molar-refractivity contribution < 1.29 is 9.59 Å². The monoisotopic (exact) mass is 627 g/mol. The average Bonchev–Trinajstić information content (AvgIpc) is 2.60. The number of thiocarbonyl (C=S) groups is 1. The van der Waals surface area contributed by atoms with Gasteiger partial charge in [-0.2, -0.15) is 0 Å². The van der Waals surface area contributed by atoms with Crippen LogP contribution in [0.4, 0.5) is 11.4 Å². The van der Waals surface area contributed by atoms with Crippen LogP contribution in [0.3, 0.4) is 0 Å². The van der Waals surface area contributed by atoms with Crippen LogP contribution in [0.25, 0.3) is 0 Å². The molecule has 5 nitrogen and oxygen atoms in total. The lowest BCUT2D eigenvalue weighted by molar-refractivity contribution is -0.116. The average molecular weight is 628 g/mol. The predicted octanol–water partition coefficient (Wildman–Crippen LogP) is 5.41. The van der Waals surface area contributed by atoms with Crippen LogP contribution >= 0.6 is 69.0 Å². The van der Waals surface area contributed by atoms with Crippen molar-refractivity contribution in [2.24, 2.45) is 0 Å². The Balaban J connectivity index is 2.07. The van der Waals surface area contributed by atoms with Crippen LogP contribution in [-0.2, 0) is 4.79 Å². The third-order valence-corrected chi connectivity index (χ3v) is 5.52. The molecule has 2 aromatic carbocycles. The molecule has 0 unspecified atom stereocenters. The zero-order valence-corrected chi connectivity index (χ0v) is 20.1. The van der Waals surface area contributed by atoms with Gasteiger partial charge in [0.25, 0.3) is 5.91 Å². The van der Waals surface area contributed by atoms with E-state index in [2.05, 4.69) is 61.1 Å². The summed E-state index contributed by atoms with van der Waals surface area (Å²) in [6.07, 6.45) is 1.20. The molecule has 0 aromatic heterocycles. The molecule has 0 saturated heterocycles. The van der Waals surface area contributed by atoms with Crippen LogP contribution in [0, 0.1) is 7.14 Å². The molecule has 2 aromatic rings. The Morgan fingerprint density at radius 1 is 1.11 bits per heavy atom. The fraction of sp³-hybridized carbons (Fsp3) is 0.167. The van der Waals surface area contributed by atoms with Gasteiger partial charge in [0, 0.05) is 19.2 Å². The van der Waals surface area contributed by atoms with Crippen molar-refractivity contribution in [3.8, 4) is 0 Å². The third kappa shape index (κ3) is 6.84. The first-order valence-corrected chi connectivity index (χ1v) is 10.9. The van der Waals surface area contributed by atoms with E-state index in [4.69, 9.17) is 23.8 Å². The lowest BCUT2D eigenvalue weighted by atomic mass is 10.2. The number of carbonyl (C=O) groups is 2. The van der Waals surface area contributed by atoms with E-state index >= 15 is 0 Å². The topological polar surface area (TPSA) is 70.2 Å². The minimum Gasteiger partial charge on any atom is -0.331 e. The summed E-state index contributed by atoms with van der Waals surface area (Å²) in [7, 11) is 0. The standard InChI is InChI=1S/C18H16ClI2N3O2S/c1-2-3-16(25)22-11-5-6-13(19)15(9-11)23-18(27)24-17(26)12-8-10(20)4-7-14(12)21/h4-9H,2-3H2,1H3,(H,22,25)(H2,23,24,26,27). The first-order valence-electron chi connectivity index (χ1n) is 7.97. The second kappa shape index (κ2) is 10.5. The fourth-order valence-electron chi connectivity index (χ4n) is 2.14. The van der Waals surface area contributed by atoms with Crippen molar-refractivity contribution >= 4 is 97.3 Å². The molecule has 0 saturated carbocycles. The second-order valence-corrected chi connectivity index (χ2v) is 8.75. The van der Waals surface area contributed by atoms with Gasteiger partial charge in [-0.25, -0.2) is 0 Å². The van der Waals surface area contributed by atoms with Gasteiger partial charge in [0.15, 0.2) is 5.11 Å². The maximum Gasteiger partial charge on any atom is 0.258 e. The molecule has 3 N–H and O–H groups in total. The molecular formula is C18H16ClI2N3O2S. The number of nitrogens with one attached hydrogen (secondary N) is 3. The molecule has 0 radical (unpaired) electrons. The summed E-state index contributed by atoms with van der Waals surface area (Å²) in [4.78, 5) is 24.2. The predicted molar refractivity (Wildman–Crippen MR) is 131 cm³/mol. The van der Waals surface area contributed by atoms with Gasteiger partial charge < -0.3 is 10.6 Å². The molecule has 2 amide bonds. The van der Waals surface area contributed by atoms with E-state index in [0.29, 0.717) is 28.4 Å². The third-order valence-electron chi connectivity index (χ3n) is 3.38. The van der Waals surface area contributed by atoms with Gasteiger partial charge in [-0.3, -0.25) is 14.9 Å². The van der Waals surface area contributed by atoms with E-state index in [0.717, 1.165) is 13.6 Å². The molecule has 0 fully saturated rings. The van der Waals surface area contributed by atoms with E-state index in [1.807, 2.05) is 19.1 Å². The zero-order chi connectivity index (χ0) is 20.0. The number of rotatable bonds is 5. The Labute approximate surface area is 195 Å². The highest BCUT2D eigenvalue weighted by atomic mass is 127. The molecule has 0 aliphatic carbocycles. The lowest BCUT2D eigenvalue weighted by Gasteiger charge is -2.13. The number of halogens is 3. The Hall–Kier alpha value is -0.980. The lowest BCUT2D eigenvalue weighted by Crippen LogP contribution is -2.34. The van der Waals surface area contributed by atoms with Gasteiger partial charge in [-0.15, -0.1) is 0 Å². The number of amides is 2. The zero-order valence-electron chi connectivity index (χ0n) is 14.2. The maximum absolute atomic E-state index is 12.5. The van der Waals surface area contributed by atoms with Crippen molar-refractivity contribution in [1.29, 1.82) is 0 Å². The van der Waals surface area contributed by atoms with Crippen molar-refractivity contribution in [1.82, 2.24) is 5.32 Å². The van der Waals surface area contributed by atoms with Gasteiger partial charge in [0.2, 0.25) is 5.91 Å². The van der Waals surface area contributed by atoms with E-state index in [1.54, 1.807) is 24.3 Å². The largest absolute Gasteiger partial charge is 0.331 e. The smallest absolute Gasteiger partial charge is 0.258 e. The quantitative estimate of drug-likeness (QED) is 0.306. The maximum atomic E-state index is 12.5. The number of hydrogen-bond acceptors (Lipinski definition) is 3. The van der Waals surface area contributed by atoms with Crippen LogP contribution in [0.2, 0.25) is 5.02 Å². The summed E-state index contributed by atoms with van der Waals surface area (Å²) in [6, 6.07) is 10.6. The van der Waals surface area contributed by atoms with E-state index in [-0.39, 0.29) is 16.9 Å². The van der Waals surface area contributed by atoms with Crippen LogP contribution < -0.4 is 16.0 Å². The first kappa shape index (κ1) is 22.3. The molecule has 0 atom stereocenters.